The first-order valence-electron chi connectivity index (χ1n) is 7.16. The molecule has 1 saturated heterocycles. The summed E-state index contributed by atoms with van der Waals surface area (Å²) in [6.45, 7) is 10.3. The summed E-state index contributed by atoms with van der Waals surface area (Å²) in [7, 11) is 0. The number of fused-ring (bicyclic) bond motifs is 1. The molecule has 2 fully saturated rings. The summed E-state index contributed by atoms with van der Waals surface area (Å²) in [4.78, 5) is 2.55. The second-order valence-corrected chi connectivity index (χ2v) is 6.59. The molecule has 0 amide bonds. The Morgan fingerprint density at radius 3 is 2.71 bits per heavy atom. The Morgan fingerprint density at radius 1 is 1.35 bits per heavy atom. The van der Waals surface area contributed by atoms with Gasteiger partial charge in [0.25, 0.3) is 0 Å². The summed E-state index contributed by atoms with van der Waals surface area (Å²) >= 11 is 0. The molecule has 2 nitrogen and oxygen atoms in total. The highest BCUT2D eigenvalue weighted by Gasteiger charge is 2.49. The van der Waals surface area contributed by atoms with Crippen molar-refractivity contribution >= 4 is 0 Å². The molecule has 0 unspecified atom stereocenters. The van der Waals surface area contributed by atoms with Crippen LogP contribution in [-0.2, 0) is 4.74 Å². The lowest BCUT2D eigenvalue weighted by Crippen LogP contribution is -2.47. The molecule has 17 heavy (non-hydrogen) atoms. The van der Waals surface area contributed by atoms with Crippen LogP contribution >= 0.6 is 0 Å². The van der Waals surface area contributed by atoms with Crippen LogP contribution in [-0.4, -0.2) is 37.7 Å². The lowest BCUT2D eigenvalue weighted by atomic mass is 9.50. The first-order chi connectivity index (χ1) is 8.16. The molecular weight excluding hydrogens is 210 g/mol. The van der Waals surface area contributed by atoms with Crippen molar-refractivity contribution in [1.29, 1.82) is 0 Å². The standard InChI is InChI=1S/C15H25NO/c1-15(2)13-9-12(10-14(15)11-13)3-4-16-5-7-17-8-6-16/h9,13-14H,3-8,10-11H2,1-2H3/t13-,14+/m1/s1. The fraction of sp³-hybridized carbons (Fsp3) is 0.867. The van der Waals surface area contributed by atoms with E-state index < -0.39 is 0 Å². The largest absolute Gasteiger partial charge is 0.379 e. The number of hydrogen-bond acceptors (Lipinski definition) is 2. The first kappa shape index (κ1) is 11.7. The van der Waals surface area contributed by atoms with Gasteiger partial charge < -0.3 is 4.74 Å². The van der Waals surface area contributed by atoms with Crippen LogP contribution in [0.2, 0.25) is 0 Å². The highest BCUT2D eigenvalue weighted by molar-refractivity contribution is 5.21. The van der Waals surface area contributed by atoms with Crippen LogP contribution in [0.3, 0.4) is 0 Å². The molecule has 1 saturated carbocycles. The zero-order valence-electron chi connectivity index (χ0n) is 11.2. The predicted molar refractivity (Wildman–Crippen MR) is 70.0 cm³/mol. The van der Waals surface area contributed by atoms with Crippen molar-refractivity contribution in [3.63, 3.8) is 0 Å². The van der Waals surface area contributed by atoms with Crippen LogP contribution in [0.1, 0.15) is 33.1 Å². The molecule has 0 aromatic rings. The maximum atomic E-state index is 5.39. The third-order valence-corrected chi connectivity index (χ3v) is 5.34. The number of rotatable bonds is 3. The second-order valence-electron chi connectivity index (χ2n) is 6.59. The number of morpholine rings is 1. The summed E-state index contributed by atoms with van der Waals surface area (Å²) < 4.78 is 5.39. The summed E-state index contributed by atoms with van der Waals surface area (Å²) in [5.74, 6) is 1.85. The summed E-state index contributed by atoms with van der Waals surface area (Å²) in [5.41, 5.74) is 2.33. The average Bonchev–Trinajstić information content (AvgIpc) is 2.38. The molecule has 1 aliphatic heterocycles. The van der Waals surface area contributed by atoms with Gasteiger partial charge >= 0.3 is 0 Å². The SMILES string of the molecule is CC1(C)[C@H]2CC(CCN3CCOCC3)=C[C@@H]1C2. The van der Waals surface area contributed by atoms with Gasteiger partial charge in [-0.2, -0.15) is 0 Å². The Hall–Kier alpha value is -0.340. The maximum Gasteiger partial charge on any atom is 0.0594 e. The van der Waals surface area contributed by atoms with Crippen LogP contribution in [0.15, 0.2) is 11.6 Å². The highest BCUT2D eigenvalue weighted by atomic mass is 16.5. The molecular formula is C15H25NO. The molecule has 0 radical (unpaired) electrons. The van der Waals surface area contributed by atoms with Crippen LogP contribution in [0.4, 0.5) is 0 Å². The zero-order chi connectivity index (χ0) is 11.9. The molecule has 4 aliphatic rings. The quantitative estimate of drug-likeness (QED) is 0.697. The minimum atomic E-state index is 0.600. The highest BCUT2D eigenvalue weighted by Crippen LogP contribution is 2.58. The van der Waals surface area contributed by atoms with Crippen molar-refractivity contribution in [2.75, 3.05) is 32.8 Å². The van der Waals surface area contributed by atoms with E-state index in [0.717, 1.165) is 38.1 Å². The van der Waals surface area contributed by atoms with Gasteiger partial charge in [-0.05, 0) is 36.5 Å². The van der Waals surface area contributed by atoms with Crippen molar-refractivity contribution in [1.82, 2.24) is 4.90 Å². The second kappa shape index (κ2) is 4.40. The van der Waals surface area contributed by atoms with Crippen molar-refractivity contribution in [2.45, 2.75) is 33.1 Å². The van der Waals surface area contributed by atoms with Crippen molar-refractivity contribution in [3.05, 3.63) is 11.6 Å². The molecule has 4 rings (SSSR count). The summed E-state index contributed by atoms with van der Waals surface area (Å²) in [6, 6.07) is 0. The van der Waals surface area contributed by atoms with Gasteiger partial charge in [0, 0.05) is 19.6 Å². The van der Waals surface area contributed by atoms with E-state index in [0.29, 0.717) is 5.41 Å². The summed E-state index contributed by atoms with van der Waals surface area (Å²) in [6.07, 6.45) is 6.71. The molecule has 2 atom stereocenters. The Labute approximate surface area is 105 Å². The smallest absolute Gasteiger partial charge is 0.0594 e. The minimum absolute atomic E-state index is 0.600. The Balaban J connectivity index is 1.50. The zero-order valence-corrected chi connectivity index (χ0v) is 11.2. The van der Waals surface area contributed by atoms with Gasteiger partial charge in [0.2, 0.25) is 0 Å². The van der Waals surface area contributed by atoms with Crippen molar-refractivity contribution in [2.24, 2.45) is 17.3 Å². The Morgan fingerprint density at radius 2 is 2.12 bits per heavy atom. The van der Waals surface area contributed by atoms with E-state index in [2.05, 4.69) is 24.8 Å². The summed E-state index contributed by atoms with van der Waals surface area (Å²) in [5, 5.41) is 0. The average molecular weight is 235 g/mol. The van der Waals surface area contributed by atoms with Gasteiger partial charge in [-0.1, -0.05) is 25.5 Å². The van der Waals surface area contributed by atoms with E-state index in [1.54, 1.807) is 5.57 Å². The molecule has 2 bridgehead atoms. The molecule has 0 N–H and O–H groups in total. The third-order valence-electron chi connectivity index (χ3n) is 5.34. The van der Waals surface area contributed by atoms with Crippen LogP contribution < -0.4 is 0 Å². The van der Waals surface area contributed by atoms with Crippen LogP contribution in [0.5, 0.6) is 0 Å². The monoisotopic (exact) mass is 235 g/mol. The fourth-order valence-electron chi connectivity index (χ4n) is 3.67. The van der Waals surface area contributed by atoms with E-state index in [1.165, 1.54) is 25.8 Å². The lowest BCUT2D eigenvalue weighted by molar-refractivity contribution is -0.00298. The Kier molecular flexibility index (Phi) is 3.04. The minimum Gasteiger partial charge on any atom is -0.379 e. The predicted octanol–water partition coefficient (Wildman–Crippen LogP) is 2.70. The fourth-order valence-corrected chi connectivity index (χ4v) is 3.67. The van der Waals surface area contributed by atoms with Gasteiger partial charge in [-0.25, -0.2) is 0 Å². The molecule has 2 heteroatoms. The van der Waals surface area contributed by atoms with Gasteiger partial charge in [0.15, 0.2) is 0 Å². The number of nitrogens with zero attached hydrogens (tertiary/aromatic N) is 1. The van der Waals surface area contributed by atoms with Gasteiger partial charge in [0.05, 0.1) is 13.2 Å². The van der Waals surface area contributed by atoms with Crippen LogP contribution in [0.25, 0.3) is 0 Å². The first-order valence-corrected chi connectivity index (χ1v) is 7.16. The molecule has 0 aromatic heterocycles. The van der Waals surface area contributed by atoms with E-state index in [-0.39, 0.29) is 0 Å². The topological polar surface area (TPSA) is 12.5 Å². The van der Waals surface area contributed by atoms with Gasteiger partial charge in [-0.15, -0.1) is 0 Å². The van der Waals surface area contributed by atoms with Gasteiger partial charge in [0.1, 0.15) is 0 Å². The molecule has 1 heterocycles. The number of allylic oxidation sites excluding steroid dienone is 1. The lowest BCUT2D eigenvalue weighted by Gasteiger charge is -2.55. The third kappa shape index (κ3) is 2.17. The molecule has 3 aliphatic carbocycles. The Bertz CT molecular complexity index is 315. The van der Waals surface area contributed by atoms with E-state index >= 15 is 0 Å². The molecule has 0 spiro atoms. The van der Waals surface area contributed by atoms with E-state index in [4.69, 9.17) is 4.74 Å². The van der Waals surface area contributed by atoms with E-state index in [9.17, 15) is 0 Å². The number of hydrogen-bond donors (Lipinski definition) is 0. The normalized spacial score (nSPS) is 36.2. The molecule has 96 valence electrons. The van der Waals surface area contributed by atoms with Crippen LogP contribution in [0, 0.1) is 17.3 Å². The van der Waals surface area contributed by atoms with Gasteiger partial charge in [-0.3, -0.25) is 4.90 Å². The van der Waals surface area contributed by atoms with Crippen molar-refractivity contribution < 1.29 is 4.74 Å². The maximum absolute atomic E-state index is 5.39. The van der Waals surface area contributed by atoms with Crippen molar-refractivity contribution in [3.8, 4) is 0 Å². The molecule has 0 aromatic carbocycles. The number of ether oxygens (including phenoxy) is 1. The van der Waals surface area contributed by atoms with E-state index in [1.807, 2.05) is 0 Å².